The van der Waals surface area contributed by atoms with Gasteiger partial charge in [0.25, 0.3) is 0 Å². The van der Waals surface area contributed by atoms with Crippen molar-refractivity contribution in [3.8, 4) is 0 Å². The Bertz CT molecular complexity index is 337. The molecule has 17 heavy (non-hydrogen) atoms. The first-order valence-electron chi connectivity index (χ1n) is 6.61. The summed E-state index contributed by atoms with van der Waals surface area (Å²) in [7, 11) is 2.19. The normalized spacial score (nSPS) is 18.8. The second-order valence-electron chi connectivity index (χ2n) is 5.52. The molecule has 1 aromatic rings. The molecule has 0 unspecified atom stereocenters. The largest absolute Gasteiger partial charge is 0.353 e. The summed E-state index contributed by atoms with van der Waals surface area (Å²) in [6.07, 6.45) is 6.38. The molecule has 0 atom stereocenters. The van der Waals surface area contributed by atoms with Crippen molar-refractivity contribution >= 4 is 5.95 Å². The van der Waals surface area contributed by atoms with Gasteiger partial charge in [0.2, 0.25) is 5.95 Å². The number of hydrogen-bond acceptors (Lipinski definition) is 3. The number of imidazole rings is 1. The molecular weight excluding hydrogens is 212 g/mol. The van der Waals surface area contributed by atoms with Crippen molar-refractivity contribution in [1.82, 2.24) is 14.5 Å². The standard InChI is InChI=1S/C13H24N4/c1-11(2)10-17-9-6-14-13(17)15-12-4-7-16(3)8-5-12/h6,9,11-12H,4-5,7-8,10H2,1-3H3,(H,14,15). The number of rotatable bonds is 4. The number of aromatic nitrogens is 2. The second kappa shape index (κ2) is 5.54. The Hall–Kier alpha value is -1.03. The molecule has 1 aliphatic rings. The maximum atomic E-state index is 4.42. The Morgan fingerprint density at radius 2 is 2.12 bits per heavy atom. The van der Waals surface area contributed by atoms with E-state index in [4.69, 9.17) is 0 Å². The molecule has 1 aromatic heterocycles. The number of piperidine rings is 1. The fourth-order valence-corrected chi connectivity index (χ4v) is 2.33. The van der Waals surface area contributed by atoms with E-state index in [9.17, 15) is 0 Å². The van der Waals surface area contributed by atoms with Gasteiger partial charge in [0, 0.05) is 25.0 Å². The minimum atomic E-state index is 0.583. The lowest BCUT2D eigenvalue weighted by Gasteiger charge is -2.30. The molecule has 0 radical (unpaired) electrons. The molecule has 1 saturated heterocycles. The van der Waals surface area contributed by atoms with Crippen LogP contribution in [0.2, 0.25) is 0 Å². The predicted octanol–water partition coefficient (Wildman–Crippen LogP) is 2.05. The number of nitrogens with one attached hydrogen (secondary N) is 1. The van der Waals surface area contributed by atoms with Crippen LogP contribution in [0.25, 0.3) is 0 Å². The van der Waals surface area contributed by atoms with Gasteiger partial charge < -0.3 is 14.8 Å². The molecule has 1 aliphatic heterocycles. The molecule has 0 spiro atoms. The van der Waals surface area contributed by atoms with E-state index >= 15 is 0 Å². The number of nitrogens with zero attached hydrogens (tertiary/aromatic N) is 3. The van der Waals surface area contributed by atoms with E-state index < -0.39 is 0 Å². The molecule has 0 aliphatic carbocycles. The minimum absolute atomic E-state index is 0.583. The molecule has 96 valence electrons. The van der Waals surface area contributed by atoms with E-state index in [1.165, 1.54) is 25.9 Å². The third-order valence-corrected chi connectivity index (χ3v) is 3.33. The molecule has 4 heteroatoms. The third kappa shape index (κ3) is 3.46. The van der Waals surface area contributed by atoms with Crippen molar-refractivity contribution < 1.29 is 0 Å². The van der Waals surface area contributed by atoms with E-state index in [0.29, 0.717) is 12.0 Å². The van der Waals surface area contributed by atoms with Crippen LogP contribution in [0.15, 0.2) is 12.4 Å². The van der Waals surface area contributed by atoms with E-state index in [1.807, 2.05) is 6.20 Å². The molecule has 1 fully saturated rings. The average molecular weight is 236 g/mol. The van der Waals surface area contributed by atoms with Gasteiger partial charge in [-0.3, -0.25) is 0 Å². The van der Waals surface area contributed by atoms with Gasteiger partial charge in [-0.1, -0.05) is 13.8 Å². The van der Waals surface area contributed by atoms with Crippen LogP contribution in [0.5, 0.6) is 0 Å². The SMILES string of the molecule is CC(C)Cn1ccnc1NC1CCN(C)CC1. The van der Waals surface area contributed by atoms with Crippen LogP contribution >= 0.6 is 0 Å². The quantitative estimate of drug-likeness (QED) is 0.868. The Morgan fingerprint density at radius 3 is 2.76 bits per heavy atom. The molecule has 0 bridgehead atoms. The highest BCUT2D eigenvalue weighted by molar-refractivity contribution is 5.27. The van der Waals surface area contributed by atoms with Crippen LogP contribution in [0.1, 0.15) is 26.7 Å². The third-order valence-electron chi connectivity index (χ3n) is 3.33. The highest BCUT2D eigenvalue weighted by Crippen LogP contribution is 2.15. The molecule has 0 aromatic carbocycles. The van der Waals surface area contributed by atoms with Crippen molar-refractivity contribution in [2.45, 2.75) is 39.3 Å². The molecule has 0 amide bonds. The number of likely N-dealkylation sites (tertiary alicyclic amines) is 1. The van der Waals surface area contributed by atoms with Crippen LogP contribution in [0.3, 0.4) is 0 Å². The predicted molar refractivity (Wildman–Crippen MR) is 71.2 cm³/mol. The Labute approximate surface area is 104 Å². The fourth-order valence-electron chi connectivity index (χ4n) is 2.33. The van der Waals surface area contributed by atoms with Crippen molar-refractivity contribution in [2.75, 3.05) is 25.5 Å². The van der Waals surface area contributed by atoms with Crippen LogP contribution in [0, 0.1) is 5.92 Å². The summed E-state index contributed by atoms with van der Waals surface area (Å²) in [6, 6.07) is 0.583. The zero-order chi connectivity index (χ0) is 12.3. The van der Waals surface area contributed by atoms with Gasteiger partial charge in [0.15, 0.2) is 0 Å². The summed E-state index contributed by atoms with van der Waals surface area (Å²) in [5.41, 5.74) is 0. The van der Waals surface area contributed by atoms with E-state index in [-0.39, 0.29) is 0 Å². The van der Waals surface area contributed by atoms with Gasteiger partial charge >= 0.3 is 0 Å². The number of anilines is 1. The van der Waals surface area contributed by atoms with Gasteiger partial charge in [0.05, 0.1) is 0 Å². The lowest BCUT2D eigenvalue weighted by atomic mass is 10.1. The van der Waals surface area contributed by atoms with Gasteiger partial charge in [-0.25, -0.2) is 4.98 Å². The first-order valence-corrected chi connectivity index (χ1v) is 6.61. The molecule has 4 nitrogen and oxygen atoms in total. The summed E-state index contributed by atoms with van der Waals surface area (Å²) in [4.78, 5) is 6.81. The van der Waals surface area contributed by atoms with E-state index in [2.05, 4.69) is 46.9 Å². The zero-order valence-electron chi connectivity index (χ0n) is 11.2. The Morgan fingerprint density at radius 1 is 1.41 bits per heavy atom. The average Bonchev–Trinajstić information content (AvgIpc) is 2.68. The molecule has 0 saturated carbocycles. The van der Waals surface area contributed by atoms with E-state index in [0.717, 1.165) is 12.5 Å². The lowest BCUT2D eigenvalue weighted by molar-refractivity contribution is 0.263. The van der Waals surface area contributed by atoms with Gasteiger partial charge in [-0.15, -0.1) is 0 Å². The molecule has 1 N–H and O–H groups in total. The van der Waals surface area contributed by atoms with Crippen molar-refractivity contribution in [3.05, 3.63) is 12.4 Å². The van der Waals surface area contributed by atoms with Crippen LogP contribution in [-0.4, -0.2) is 40.6 Å². The van der Waals surface area contributed by atoms with Crippen molar-refractivity contribution in [1.29, 1.82) is 0 Å². The summed E-state index contributed by atoms with van der Waals surface area (Å²) in [6.45, 7) is 7.87. The van der Waals surface area contributed by atoms with Gasteiger partial charge in [-0.2, -0.15) is 0 Å². The highest BCUT2D eigenvalue weighted by atomic mass is 15.2. The topological polar surface area (TPSA) is 33.1 Å². The molecular formula is C13H24N4. The Kier molecular flexibility index (Phi) is 4.05. The summed E-state index contributed by atoms with van der Waals surface area (Å²) in [5, 5.41) is 3.58. The summed E-state index contributed by atoms with van der Waals surface area (Å²) >= 11 is 0. The Balaban J connectivity index is 1.92. The molecule has 2 rings (SSSR count). The summed E-state index contributed by atoms with van der Waals surface area (Å²) in [5.74, 6) is 1.69. The van der Waals surface area contributed by atoms with Gasteiger partial charge in [0.1, 0.15) is 0 Å². The van der Waals surface area contributed by atoms with E-state index in [1.54, 1.807) is 0 Å². The summed E-state index contributed by atoms with van der Waals surface area (Å²) < 4.78 is 2.23. The minimum Gasteiger partial charge on any atom is -0.353 e. The first-order chi connectivity index (χ1) is 8.15. The van der Waals surface area contributed by atoms with Crippen molar-refractivity contribution in [3.63, 3.8) is 0 Å². The first kappa shape index (κ1) is 12.4. The van der Waals surface area contributed by atoms with Crippen LogP contribution in [-0.2, 0) is 6.54 Å². The lowest BCUT2D eigenvalue weighted by Crippen LogP contribution is -2.37. The smallest absolute Gasteiger partial charge is 0.202 e. The van der Waals surface area contributed by atoms with Crippen molar-refractivity contribution in [2.24, 2.45) is 5.92 Å². The second-order valence-corrected chi connectivity index (χ2v) is 5.52. The monoisotopic (exact) mass is 236 g/mol. The fraction of sp³-hybridized carbons (Fsp3) is 0.769. The highest BCUT2D eigenvalue weighted by Gasteiger charge is 2.17. The number of hydrogen-bond donors (Lipinski definition) is 1. The molecule has 2 heterocycles. The van der Waals surface area contributed by atoms with Crippen LogP contribution < -0.4 is 5.32 Å². The maximum Gasteiger partial charge on any atom is 0.202 e. The zero-order valence-corrected chi connectivity index (χ0v) is 11.2. The maximum absolute atomic E-state index is 4.42. The van der Waals surface area contributed by atoms with Gasteiger partial charge in [-0.05, 0) is 38.9 Å². The van der Waals surface area contributed by atoms with Crippen LogP contribution in [0.4, 0.5) is 5.95 Å².